The Morgan fingerprint density at radius 1 is 1.00 bits per heavy atom. The minimum absolute atomic E-state index is 0.0314. The van der Waals surface area contributed by atoms with Crippen LogP contribution in [0, 0.1) is 0 Å². The molecule has 0 saturated carbocycles. The van der Waals surface area contributed by atoms with Gasteiger partial charge in [-0.1, -0.05) is 45.7 Å². The molecule has 5 nitrogen and oxygen atoms in total. The van der Waals surface area contributed by atoms with Crippen molar-refractivity contribution in [3.8, 4) is 5.75 Å². The Bertz CT molecular complexity index is 770. The molecule has 0 fully saturated rings. The van der Waals surface area contributed by atoms with Gasteiger partial charge in [-0.25, -0.2) is 0 Å². The number of nitrogens with one attached hydrogen (secondary N) is 2. The monoisotopic (exact) mass is 452 g/mol. The van der Waals surface area contributed by atoms with E-state index >= 15 is 0 Å². The van der Waals surface area contributed by atoms with Crippen molar-refractivity contribution in [3.05, 3.63) is 63.6 Å². The third-order valence-electron chi connectivity index (χ3n) is 3.69. The van der Waals surface area contributed by atoms with Crippen LogP contribution in [0.15, 0.2) is 53.0 Å². The topological polar surface area (TPSA) is 67.4 Å². The zero-order valence-corrected chi connectivity index (χ0v) is 17.2. The molecular formula is C20H22BrClN2O3. The summed E-state index contributed by atoms with van der Waals surface area (Å²) in [4.78, 5) is 23.8. The number of hydrogen-bond acceptors (Lipinski definition) is 3. The van der Waals surface area contributed by atoms with E-state index in [0.29, 0.717) is 55.3 Å². The van der Waals surface area contributed by atoms with Crippen LogP contribution in [0.4, 0.5) is 0 Å². The summed E-state index contributed by atoms with van der Waals surface area (Å²) in [7, 11) is 0. The van der Waals surface area contributed by atoms with Gasteiger partial charge in [-0.2, -0.15) is 0 Å². The third kappa shape index (κ3) is 8.01. The van der Waals surface area contributed by atoms with Crippen LogP contribution < -0.4 is 15.4 Å². The van der Waals surface area contributed by atoms with Gasteiger partial charge in [-0.15, -0.1) is 0 Å². The maximum atomic E-state index is 12.0. The van der Waals surface area contributed by atoms with Gasteiger partial charge in [-0.05, 0) is 43.2 Å². The molecule has 0 radical (unpaired) electrons. The molecule has 0 saturated heterocycles. The zero-order valence-electron chi connectivity index (χ0n) is 14.8. The van der Waals surface area contributed by atoms with Crippen LogP contribution in [-0.4, -0.2) is 31.5 Å². The Morgan fingerprint density at radius 3 is 2.56 bits per heavy atom. The van der Waals surface area contributed by atoms with E-state index < -0.39 is 0 Å². The van der Waals surface area contributed by atoms with Crippen LogP contribution in [0.25, 0.3) is 0 Å². The summed E-state index contributed by atoms with van der Waals surface area (Å²) in [5, 5.41) is 6.23. The molecule has 0 atom stereocenters. The maximum Gasteiger partial charge on any atom is 0.251 e. The number of amides is 2. The van der Waals surface area contributed by atoms with E-state index in [9.17, 15) is 9.59 Å². The van der Waals surface area contributed by atoms with Crippen LogP contribution in [0.5, 0.6) is 5.75 Å². The van der Waals surface area contributed by atoms with E-state index in [4.69, 9.17) is 16.3 Å². The van der Waals surface area contributed by atoms with Gasteiger partial charge in [0.15, 0.2) is 0 Å². The molecule has 0 unspecified atom stereocenters. The number of rotatable bonds is 10. The van der Waals surface area contributed by atoms with Gasteiger partial charge < -0.3 is 15.4 Å². The second-order valence-electron chi connectivity index (χ2n) is 5.85. The maximum absolute atomic E-state index is 12.0. The lowest BCUT2D eigenvalue weighted by Crippen LogP contribution is -2.29. The minimum Gasteiger partial charge on any atom is -0.492 e. The summed E-state index contributed by atoms with van der Waals surface area (Å²) in [6.45, 7) is 1.45. The van der Waals surface area contributed by atoms with Gasteiger partial charge in [0.05, 0.1) is 11.6 Å². The highest BCUT2D eigenvalue weighted by molar-refractivity contribution is 9.10. The van der Waals surface area contributed by atoms with E-state index in [-0.39, 0.29) is 11.8 Å². The van der Waals surface area contributed by atoms with Crippen molar-refractivity contribution in [1.82, 2.24) is 10.6 Å². The second-order valence-corrected chi connectivity index (χ2v) is 7.18. The number of ether oxygens (including phenoxy) is 1. The lowest BCUT2D eigenvalue weighted by molar-refractivity contribution is -0.121. The van der Waals surface area contributed by atoms with Crippen LogP contribution in [0.2, 0.25) is 5.02 Å². The molecule has 0 heterocycles. The lowest BCUT2D eigenvalue weighted by Gasteiger charge is -2.09. The van der Waals surface area contributed by atoms with E-state index in [1.807, 2.05) is 24.3 Å². The fourth-order valence-electron chi connectivity index (χ4n) is 2.31. The first kappa shape index (κ1) is 21.3. The number of halogens is 2. The molecule has 27 heavy (non-hydrogen) atoms. The van der Waals surface area contributed by atoms with Gasteiger partial charge in [0.1, 0.15) is 5.75 Å². The van der Waals surface area contributed by atoms with E-state index in [2.05, 4.69) is 26.6 Å². The summed E-state index contributed by atoms with van der Waals surface area (Å²) in [6, 6.07) is 14.5. The number of hydrogen-bond donors (Lipinski definition) is 2. The highest BCUT2D eigenvalue weighted by Crippen LogP contribution is 2.23. The number of carbonyl (C=O) groups is 2. The Balaban J connectivity index is 1.52. The lowest BCUT2D eigenvalue weighted by atomic mass is 10.2. The van der Waals surface area contributed by atoms with Crippen molar-refractivity contribution < 1.29 is 14.3 Å². The minimum atomic E-state index is -0.126. The Kier molecular flexibility index (Phi) is 9.15. The largest absolute Gasteiger partial charge is 0.492 e. The summed E-state index contributed by atoms with van der Waals surface area (Å²) in [5.74, 6) is 0.469. The first-order valence-electron chi connectivity index (χ1n) is 8.74. The van der Waals surface area contributed by atoms with Crippen molar-refractivity contribution in [2.45, 2.75) is 19.3 Å². The van der Waals surface area contributed by atoms with Gasteiger partial charge in [-0.3, -0.25) is 9.59 Å². The number of para-hydroxylation sites is 1. The highest BCUT2D eigenvalue weighted by atomic mass is 79.9. The van der Waals surface area contributed by atoms with Gasteiger partial charge >= 0.3 is 0 Å². The first-order chi connectivity index (χ1) is 13.1. The fraction of sp³-hybridized carbons (Fsp3) is 0.300. The Morgan fingerprint density at radius 2 is 1.78 bits per heavy atom. The Hall–Kier alpha value is -2.05. The molecule has 2 N–H and O–H groups in total. The van der Waals surface area contributed by atoms with Gasteiger partial charge in [0.2, 0.25) is 5.91 Å². The van der Waals surface area contributed by atoms with Crippen LogP contribution in [0.1, 0.15) is 29.6 Å². The molecule has 7 heteroatoms. The summed E-state index contributed by atoms with van der Waals surface area (Å²) in [6.07, 6.45) is 1.66. The van der Waals surface area contributed by atoms with Crippen molar-refractivity contribution >= 4 is 39.3 Å². The van der Waals surface area contributed by atoms with Crippen LogP contribution in [0.3, 0.4) is 0 Å². The molecular weight excluding hydrogens is 432 g/mol. The molecule has 144 valence electrons. The van der Waals surface area contributed by atoms with Crippen molar-refractivity contribution in [2.75, 3.05) is 19.7 Å². The van der Waals surface area contributed by atoms with Crippen molar-refractivity contribution in [1.29, 1.82) is 0 Å². The molecule has 0 aliphatic carbocycles. The molecule has 0 spiro atoms. The average Bonchev–Trinajstić information content (AvgIpc) is 2.66. The molecule has 0 bridgehead atoms. The summed E-state index contributed by atoms with van der Waals surface area (Å²) >= 11 is 9.34. The summed E-state index contributed by atoms with van der Waals surface area (Å²) < 4.78 is 6.41. The Labute approximate surface area is 172 Å². The quantitative estimate of drug-likeness (QED) is 0.530. The molecule has 2 aromatic rings. The number of benzene rings is 2. The third-order valence-corrected chi connectivity index (χ3v) is 4.50. The van der Waals surface area contributed by atoms with Gasteiger partial charge in [0.25, 0.3) is 5.91 Å². The SMILES string of the molecule is O=C(CCCOc1ccccc1Cl)NCCCNC(=O)c1cccc(Br)c1. The smallest absolute Gasteiger partial charge is 0.251 e. The molecule has 2 aromatic carbocycles. The predicted octanol–water partition coefficient (Wildman–Crippen LogP) is 4.20. The zero-order chi connectivity index (χ0) is 19.5. The van der Waals surface area contributed by atoms with E-state index in [0.717, 1.165) is 4.47 Å². The molecule has 2 rings (SSSR count). The predicted molar refractivity (Wildman–Crippen MR) is 110 cm³/mol. The van der Waals surface area contributed by atoms with Crippen LogP contribution in [-0.2, 0) is 4.79 Å². The summed E-state index contributed by atoms with van der Waals surface area (Å²) in [5.41, 5.74) is 0.604. The molecule has 0 aliphatic heterocycles. The second kappa shape index (κ2) is 11.6. The van der Waals surface area contributed by atoms with Crippen molar-refractivity contribution in [3.63, 3.8) is 0 Å². The fourth-order valence-corrected chi connectivity index (χ4v) is 2.90. The highest BCUT2D eigenvalue weighted by Gasteiger charge is 2.06. The average molecular weight is 454 g/mol. The van der Waals surface area contributed by atoms with Crippen molar-refractivity contribution in [2.24, 2.45) is 0 Å². The molecule has 0 aliphatic rings. The molecule has 0 aromatic heterocycles. The van der Waals surface area contributed by atoms with Crippen LogP contribution >= 0.6 is 27.5 Å². The standard InChI is InChI=1S/C20H22BrClN2O3/c21-16-7-3-6-15(14-16)20(26)24-12-5-11-23-19(25)10-4-13-27-18-9-2-1-8-17(18)22/h1-3,6-9,14H,4-5,10-13H2,(H,23,25)(H,24,26). The normalized spacial score (nSPS) is 10.3. The van der Waals surface area contributed by atoms with Gasteiger partial charge in [0, 0.05) is 29.5 Å². The first-order valence-corrected chi connectivity index (χ1v) is 9.91. The number of carbonyl (C=O) groups excluding carboxylic acids is 2. The van der Waals surface area contributed by atoms with E-state index in [1.54, 1.807) is 24.3 Å². The molecule has 2 amide bonds. The van der Waals surface area contributed by atoms with E-state index in [1.165, 1.54) is 0 Å².